The summed E-state index contributed by atoms with van der Waals surface area (Å²) in [5.41, 5.74) is 1.78. The van der Waals surface area contributed by atoms with Crippen LogP contribution >= 0.6 is 0 Å². The minimum absolute atomic E-state index is 0.126. The molecular formula is C17H26N2O2. The van der Waals surface area contributed by atoms with Crippen LogP contribution in [0.4, 0.5) is 0 Å². The highest BCUT2D eigenvalue weighted by Gasteiger charge is 2.22. The summed E-state index contributed by atoms with van der Waals surface area (Å²) < 4.78 is 5.33. The van der Waals surface area contributed by atoms with Crippen LogP contribution in [0.5, 0.6) is 5.75 Å². The number of aryl methyl sites for hydroxylation is 1. The zero-order valence-electron chi connectivity index (χ0n) is 13.6. The summed E-state index contributed by atoms with van der Waals surface area (Å²) in [5.74, 6) is 1.47. The van der Waals surface area contributed by atoms with E-state index in [1.165, 1.54) is 6.42 Å². The highest BCUT2D eigenvalue weighted by Crippen LogP contribution is 2.21. The fourth-order valence-electron chi connectivity index (χ4n) is 3.04. The average molecular weight is 290 g/mol. The normalized spacial score (nSPS) is 19.2. The van der Waals surface area contributed by atoms with E-state index >= 15 is 0 Å². The molecule has 4 nitrogen and oxygen atoms in total. The van der Waals surface area contributed by atoms with Crippen LogP contribution in [0.1, 0.15) is 22.3 Å². The first kappa shape index (κ1) is 16.0. The van der Waals surface area contributed by atoms with Gasteiger partial charge in [-0.1, -0.05) is 6.07 Å². The molecule has 1 atom stereocenters. The lowest BCUT2D eigenvalue weighted by atomic mass is 10.1. The first-order valence-corrected chi connectivity index (χ1v) is 7.54. The van der Waals surface area contributed by atoms with Crippen molar-refractivity contribution in [3.63, 3.8) is 0 Å². The van der Waals surface area contributed by atoms with Crippen molar-refractivity contribution in [2.24, 2.45) is 5.92 Å². The largest absolute Gasteiger partial charge is 0.496 e. The number of carbonyl (C=O) groups excluding carboxylic acids is 1. The van der Waals surface area contributed by atoms with Gasteiger partial charge in [0.25, 0.3) is 0 Å². The number of hydrogen-bond donors (Lipinski definition) is 0. The Balaban J connectivity index is 1.94. The zero-order chi connectivity index (χ0) is 15.4. The van der Waals surface area contributed by atoms with Crippen molar-refractivity contribution in [1.82, 2.24) is 9.80 Å². The second kappa shape index (κ2) is 7.05. The van der Waals surface area contributed by atoms with E-state index in [0.29, 0.717) is 23.8 Å². The van der Waals surface area contributed by atoms with Gasteiger partial charge in [-0.3, -0.25) is 9.69 Å². The second-order valence-corrected chi connectivity index (χ2v) is 6.24. The predicted molar refractivity (Wildman–Crippen MR) is 85.2 cm³/mol. The number of ether oxygens (including phenoxy) is 1. The Morgan fingerprint density at radius 3 is 2.86 bits per heavy atom. The van der Waals surface area contributed by atoms with E-state index in [-0.39, 0.29) is 5.78 Å². The Morgan fingerprint density at radius 2 is 2.24 bits per heavy atom. The molecule has 1 aromatic carbocycles. The molecular weight excluding hydrogens is 264 g/mol. The van der Waals surface area contributed by atoms with Crippen molar-refractivity contribution in [3.05, 3.63) is 29.3 Å². The molecule has 2 rings (SSSR count). The van der Waals surface area contributed by atoms with E-state index < -0.39 is 0 Å². The van der Waals surface area contributed by atoms with Crippen molar-refractivity contribution < 1.29 is 9.53 Å². The maximum absolute atomic E-state index is 12.5. The highest BCUT2D eigenvalue weighted by atomic mass is 16.5. The number of likely N-dealkylation sites (tertiary alicyclic amines) is 1. The molecule has 21 heavy (non-hydrogen) atoms. The number of nitrogens with zero attached hydrogens (tertiary/aromatic N) is 2. The molecule has 1 saturated heterocycles. The van der Waals surface area contributed by atoms with Crippen LogP contribution < -0.4 is 4.74 Å². The van der Waals surface area contributed by atoms with E-state index in [4.69, 9.17) is 4.74 Å². The van der Waals surface area contributed by atoms with E-state index in [1.54, 1.807) is 7.11 Å². The van der Waals surface area contributed by atoms with Gasteiger partial charge in [0.15, 0.2) is 5.78 Å². The third-order valence-electron chi connectivity index (χ3n) is 4.13. The summed E-state index contributed by atoms with van der Waals surface area (Å²) in [6.45, 7) is 5.72. The van der Waals surface area contributed by atoms with Crippen LogP contribution in [0.2, 0.25) is 0 Å². The smallest absolute Gasteiger partial charge is 0.180 e. The molecule has 1 aliphatic heterocycles. The Labute approximate surface area is 127 Å². The molecule has 0 saturated carbocycles. The number of hydrogen-bond acceptors (Lipinski definition) is 4. The van der Waals surface area contributed by atoms with Gasteiger partial charge in [-0.25, -0.2) is 0 Å². The average Bonchev–Trinajstić information content (AvgIpc) is 2.83. The number of carbonyl (C=O) groups is 1. The molecule has 0 bridgehead atoms. The molecule has 0 aliphatic carbocycles. The number of rotatable bonds is 6. The fourth-order valence-corrected chi connectivity index (χ4v) is 3.04. The van der Waals surface area contributed by atoms with Crippen molar-refractivity contribution in [2.45, 2.75) is 13.3 Å². The standard InChI is InChI=1S/C17H26N2O2/c1-13-5-6-15(17(9-13)21-4)16(20)12-19(3)11-14-7-8-18(2)10-14/h5-6,9,14H,7-8,10-12H2,1-4H3. The van der Waals surface area contributed by atoms with Crippen molar-refractivity contribution in [3.8, 4) is 5.75 Å². The van der Waals surface area contributed by atoms with Gasteiger partial charge in [-0.2, -0.15) is 0 Å². The molecule has 0 radical (unpaired) electrons. The summed E-state index contributed by atoms with van der Waals surface area (Å²) in [7, 11) is 5.79. The first-order valence-electron chi connectivity index (χ1n) is 7.54. The van der Waals surface area contributed by atoms with Crippen molar-refractivity contribution in [2.75, 3.05) is 47.4 Å². The molecule has 1 aromatic rings. The Morgan fingerprint density at radius 1 is 1.48 bits per heavy atom. The van der Waals surface area contributed by atoms with Gasteiger partial charge < -0.3 is 9.64 Å². The van der Waals surface area contributed by atoms with Crippen LogP contribution in [0.3, 0.4) is 0 Å². The minimum atomic E-state index is 0.126. The van der Waals surface area contributed by atoms with Crippen LogP contribution in [-0.2, 0) is 0 Å². The lowest BCUT2D eigenvalue weighted by Gasteiger charge is -2.20. The summed E-state index contributed by atoms with van der Waals surface area (Å²) in [4.78, 5) is 16.9. The van der Waals surface area contributed by atoms with Crippen LogP contribution in [0.15, 0.2) is 18.2 Å². The quantitative estimate of drug-likeness (QED) is 0.751. The van der Waals surface area contributed by atoms with Gasteiger partial charge in [-0.05, 0) is 57.6 Å². The molecule has 116 valence electrons. The van der Waals surface area contributed by atoms with Gasteiger partial charge in [0.1, 0.15) is 5.75 Å². The van der Waals surface area contributed by atoms with Crippen LogP contribution in [-0.4, -0.2) is 63.0 Å². The maximum atomic E-state index is 12.5. The number of likely N-dealkylation sites (N-methyl/N-ethyl adjacent to an activating group) is 1. The highest BCUT2D eigenvalue weighted by molar-refractivity contribution is 6.00. The summed E-state index contributed by atoms with van der Waals surface area (Å²) in [5, 5.41) is 0. The monoisotopic (exact) mass is 290 g/mol. The summed E-state index contributed by atoms with van der Waals surface area (Å²) in [6, 6.07) is 5.74. The molecule has 0 N–H and O–H groups in total. The Kier molecular flexibility index (Phi) is 5.37. The van der Waals surface area contributed by atoms with E-state index in [2.05, 4.69) is 16.8 Å². The van der Waals surface area contributed by atoms with E-state index in [1.807, 2.05) is 32.2 Å². The Hall–Kier alpha value is -1.39. The topological polar surface area (TPSA) is 32.8 Å². The molecule has 0 aromatic heterocycles. The molecule has 0 spiro atoms. The number of Topliss-reactive ketones (excluding diaryl/α,β-unsaturated/α-hetero) is 1. The third kappa shape index (κ3) is 4.29. The third-order valence-corrected chi connectivity index (χ3v) is 4.13. The molecule has 0 amide bonds. The minimum Gasteiger partial charge on any atom is -0.496 e. The maximum Gasteiger partial charge on any atom is 0.180 e. The lowest BCUT2D eigenvalue weighted by molar-refractivity contribution is 0.0935. The molecule has 1 heterocycles. The molecule has 1 fully saturated rings. The van der Waals surface area contributed by atoms with Gasteiger partial charge in [0.05, 0.1) is 19.2 Å². The number of benzene rings is 1. The zero-order valence-corrected chi connectivity index (χ0v) is 13.6. The van der Waals surface area contributed by atoms with Gasteiger partial charge in [-0.15, -0.1) is 0 Å². The molecule has 4 heteroatoms. The van der Waals surface area contributed by atoms with E-state index in [0.717, 1.165) is 25.2 Å². The Bertz CT molecular complexity index is 502. The number of methoxy groups -OCH3 is 1. The second-order valence-electron chi connectivity index (χ2n) is 6.24. The van der Waals surface area contributed by atoms with Crippen LogP contribution in [0.25, 0.3) is 0 Å². The first-order chi connectivity index (χ1) is 9.99. The van der Waals surface area contributed by atoms with E-state index in [9.17, 15) is 4.79 Å². The number of ketones is 1. The summed E-state index contributed by atoms with van der Waals surface area (Å²) >= 11 is 0. The predicted octanol–water partition coefficient (Wildman–Crippen LogP) is 2.07. The molecule has 1 unspecified atom stereocenters. The lowest BCUT2D eigenvalue weighted by Crippen LogP contribution is -2.32. The summed E-state index contributed by atoms with van der Waals surface area (Å²) in [6.07, 6.45) is 1.23. The SMILES string of the molecule is COc1cc(C)ccc1C(=O)CN(C)CC1CCN(C)C1. The van der Waals surface area contributed by atoms with Crippen LogP contribution in [0, 0.1) is 12.8 Å². The van der Waals surface area contributed by atoms with Crippen molar-refractivity contribution >= 4 is 5.78 Å². The molecule has 1 aliphatic rings. The van der Waals surface area contributed by atoms with Gasteiger partial charge in [0, 0.05) is 13.1 Å². The van der Waals surface area contributed by atoms with Gasteiger partial charge in [0.2, 0.25) is 0 Å². The van der Waals surface area contributed by atoms with Gasteiger partial charge >= 0.3 is 0 Å². The fraction of sp³-hybridized carbons (Fsp3) is 0.588. The van der Waals surface area contributed by atoms with Crippen molar-refractivity contribution in [1.29, 1.82) is 0 Å².